The second kappa shape index (κ2) is 6.80. The predicted molar refractivity (Wildman–Crippen MR) is 94.7 cm³/mol. The summed E-state index contributed by atoms with van der Waals surface area (Å²) in [6.07, 6.45) is 2.53. The normalized spacial score (nSPS) is 17.1. The van der Waals surface area contributed by atoms with Crippen molar-refractivity contribution in [1.29, 1.82) is 0 Å². The van der Waals surface area contributed by atoms with Crippen molar-refractivity contribution in [3.63, 3.8) is 0 Å². The largest absolute Gasteiger partial charge is 0.378 e. The zero-order valence-corrected chi connectivity index (χ0v) is 14.4. The first-order valence-electron chi connectivity index (χ1n) is 8.74. The molecule has 0 spiro atoms. The number of anilines is 1. The molecule has 2 aliphatic rings. The van der Waals surface area contributed by atoms with Gasteiger partial charge in [0, 0.05) is 25.8 Å². The van der Waals surface area contributed by atoms with E-state index in [9.17, 15) is 4.79 Å². The summed E-state index contributed by atoms with van der Waals surface area (Å²) in [5, 5.41) is 0. The fraction of sp³-hybridized carbons (Fsp3) is 0.421. The van der Waals surface area contributed by atoms with Crippen molar-refractivity contribution < 1.29 is 9.53 Å². The molecule has 0 aliphatic carbocycles. The molecule has 6 nitrogen and oxygen atoms in total. The van der Waals surface area contributed by atoms with Gasteiger partial charge in [0.2, 0.25) is 5.95 Å². The van der Waals surface area contributed by atoms with E-state index in [1.807, 2.05) is 4.90 Å². The Hall–Kier alpha value is -2.47. The van der Waals surface area contributed by atoms with Gasteiger partial charge in [0.1, 0.15) is 0 Å². The number of hydrogen-bond donors (Lipinski definition) is 0. The van der Waals surface area contributed by atoms with Crippen LogP contribution in [0.15, 0.2) is 30.5 Å². The Morgan fingerprint density at radius 2 is 1.92 bits per heavy atom. The molecule has 1 aromatic heterocycles. The maximum absolute atomic E-state index is 12.6. The maximum atomic E-state index is 12.6. The highest BCUT2D eigenvalue weighted by Gasteiger charge is 2.30. The number of nitrogens with zero attached hydrogens (tertiary/aromatic N) is 4. The number of ether oxygens (including phenoxy) is 1. The molecule has 0 saturated carbocycles. The summed E-state index contributed by atoms with van der Waals surface area (Å²) in [5.41, 5.74) is 3.97. The third-order valence-corrected chi connectivity index (χ3v) is 4.80. The van der Waals surface area contributed by atoms with Crippen LogP contribution in [0.4, 0.5) is 5.95 Å². The minimum Gasteiger partial charge on any atom is -0.378 e. The van der Waals surface area contributed by atoms with Gasteiger partial charge in [0.05, 0.1) is 31.0 Å². The average molecular weight is 338 g/mol. The second-order valence-electron chi connectivity index (χ2n) is 6.59. The van der Waals surface area contributed by atoms with Crippen LogP contribution in [-0.2, 0) is 17.7 Å². The number of morpholine rings is 1. The molecule has 0 radical (unpaired) electrons. The molecule has 2 aromatic rings. The zero-order chi connectivity index (χ0) is 17.2. The Morgan fingerprint density at radius 1 is 1.16 bits per heavy atom. The van der Waals surface area contributed by atoms with Crippen LogP contribution in [-0.4, -0.2) is 53.6 Å². The van der Waals surface area contributed by atoms with Gasteiger partial charge in [-0.2, -0.15) is 0 Å². The summed E-state index contributed by atoms with van der Waals surface area (Å²) in [6.45, 7) is 6.33. The van der Waals surface area contributed by atoms with E-state index in [1.54, 1.807) is 6.20 Å². The van der Waals surface area contributed by atoms with Gasteiger partial charge in [0.25, 0.3) is 5.91 Å². The summed E-state index contributed by atoms with van der Waals surface area (Å²) in [4.78, 5) is 25.6. The molecule has 1 fully saturated rings. The molecular weight excluding hydrogens is 316 g/mol. The number of hydrogen-bond acceptors (Lipinski definition) is 5. The zero-order valence-electron chi connectivity index (χ0n) is 14.4. The van der Waals surface area contributed by atoms with Crippen LogP contribution in [0.5, 0.6) is 0 Å². The maximum Gasteiger partial charge on any atom is 0.257 e. The topological polar surface area (TPSA) is 58.6 Å². The number of amides is 1. The fourth-order valence-electron chi connectivity index (χ4n) is 3.24. The highest BCUT2D eigenvalue weighted by molar-refractivity contribution is 5.97. The molecule has 4 rings (SSSR count). The highest BCUT2D eigenvalue weighted by atomic mass is 16.5. The second-order valence-corrected chi connectivity index (χ2v) is 6.59. The van der Waals surface area contributed by atoms with Crippen molar-refractivity contribution in [1.82, 2.24) is 14.9 Å². The molecule has 0 bridgehead atoms. The molecular formula is C19H22N4O2. The molecule has 0 N–H and O–H groups in total. The summed E-state index contributed by atoms with van der Waals surface area (Å²) < 4.78 is 5.37. The lowest BCUT2D eigenvalue weighted by atomic mass is 10.1. The van der Waals surface area contributed by atoms with Crippen LogP contribution in [0.2, 0.25) is 0 Å². The van der Waals surface area contributed by atoms with Gasteiger partial charge in [-0.1, -0.05) is 29.8 Å². The van der Waals surface area contributed by atoms with Gasteiger partial charge in [-0.05, 0) is 18.9 Å². The third kappa shape index (κ3) is 3.35. The van der Waals surface area contributed by atoms with Crippen molar-refractivity contribution in [2.75, 3.05) is 37.7 Å². The number of carbonyl (C=O) groups excluding carboxylic acids is 1. The molecule has 130 valence electrons. The van der Waals surface area contributed by atoms with Crippen LogP contribution >= 0.6 is 0 Å². The Balaban J connectivity index is 1.44. The summed E-state index contributed by atoms with van der Waals surface area (Å²) in [7, 11) is 0. The van der Waals surface area contributed by atoms with Gasteiger partial charge >= 0.3 is 0 Å². The SMILES string of the molecule is Cc1ccc(CCN2Cc3nc(N4CCOCC4)ncc3C2=O)cc1. The molecule has 2 aliphatic heterocycles. The standard InChI is InChI=1S/C19H22N4O2/c1-14-2-4-15(5-3-14)6-7-23-13-17-16(18(23)24)12-20-19(21-17)22-8-10-25-11-9-22/h2-5,12H,6-11,13H2,1H3. The lowest BCUT2D eigenvalue weighted by molar-refractivity contribution is 0.0779. The van der Waals surface area contributed by atoms with Crippen molar-refractivity contribution in [2.45, 2.75) is 19.9 Å². The van der Waals surface area contributed by atoms with E-state index >= 15 is 0 Å². The number of fused-ring (bicyclic) bond motifs is 1. The molecule has 25 heavy (non-hydrogen) atoms. The average Bonchev–Trinajstić information content (AvgIpc) is 2.97. The molecule has 1 saturated heterocycles. The summed E-state index contributed by atoms with van der Waals surface area (Å²) in [5.74, 6) is 0.742. The van der Waals surface area contributed by atoms with Gasteiger partial charge in [-0.25, -0.2) is 9.97 Å². The first-order chi connectivity index (χ1) is 12.2. The molecule has 6 heteroatoms. The van der Waals surface area contributed by atoms with Crippen molar-refractivity contribution >= 4 is 11.9 Å². The minimum absolute atomic E-state index is 0.0376. The van der Waals surface area contributed by atoms with Crippen LogP contribution in [0, 0.1) is 6.92 Å². The smallest absolute Gasteiger partial charge is 0.257 e. The molecule has 3 heterocycles. The van der Waals surface area contributed by atoms with Crippen molar-refractivity contribution in [3.05, 3.63) is 52.8 Å². The first-order valence-corrected chi connectivity index (χ1v) is 8.74. The first kappa shape index (κ1) is 16.0. The van der Waals surface area contributed by atoms with Crippen LogP contribution in [0.3, 0.4) is 0 Å². The van der Waals surface area contributed by atoms with E-state index < -0.39 is 0 Å². The quantitative estimate of drug-likeness (QED) is 0.851. The summed E-state index contributed by atoms with van der Waals surface area (Å²) >= 11 is 0. The number of rotatable bonds is 4. The Labute approximate surface area is 147 Å². The van der Waals surface area contributed by atoms with Crippen LogP contribution in [0.25, 0.3) is 0 Å². The Morgan fingerprint density at radius 3 is 2.68 bits per heavy atom. The van der Waals surface area contributed by atoms with E-state index in [0.717, 1.165) is 25.2 Å². The van der Waals surface area contributed by atoms with Crippen LogP contribution < -0.4 is 4.90 Å². The lowest BCUT2D eigenvalue weighted by Crippen LogP contribution is -2.37. The molecule has 1 amide bonds. The van der Waals surface area contributed by atoms with E-state index in [-0.39, 0.29) is 5.91 Å². The Bertz CT molecular complexity index is 769. The summed E-state index contributed by atoms with van der Waals surface area (Å²) in [6, 6.07) is 8.46. The van der Waals surface area contributed by atoms with Gasteiger partial charge in [-0.15, -0.1) is 0 Å². The fourth-order valence-corrected chi connectivity index (χ4v) is 3.24. The molecule has 0 unspecified atom stereocenters. The predicted octanol–water partition coefficient (Wildman–Crippen LogP) is 1.82. The number of aromatic nitrogens is 2. The number of aryl methyl sites for hydroxylation is 1. The van der Waals surface area contributed by atoms with E-state index in [0.29, 0.717) is 37.8 Å². The van der Waals surface area contributed by atoms with E-state index in [2.05, 4.69) is 46.1 Å². The van der Waals surface area contributed by atoms with Crippen molar-refractivity contribution in [2.24, 2.45) is 0 Å². The molecule has 1 aromatic carbocycles. The van der Waals surface area contributed by atoms with Crippen LogP contribution in [0.1, 0.15) is 27.2 Å². The number of benzene rings is 1. The van der Waals surface area contributed by atoms with E-state index in [4.69, 9.17) is 4.74 Å². The highest BCUT2D eigenvalue weighted by Crippen LogP contribution is 2.23. The lowest BCUT2D eigenvalue weighted by Gasteiger charge is -2.26. The van der Waals surface area contributed by atoms with Gasteiger partial charge in [0.15, 0.2) is 0 Å². The number of carbonyl (C=O) groups is 1. The third-order valence-electron chi connectivity index (χ3n) is 4.80. The molecule has 0 atom stereocenters. The Kier molecular flexibility index (Phi) is 4.36. The van der Waals surface area contributed by atoms with E-state index in [1.165, 1.54) is 11.1 Å². The monoisotopic (exact) mass is 338 g/mol. The van der Waals surface area contributed by atoms with Crippen molar-refractivity contribution in [3.8, 4) is 0 Å². The van der Waals surface area contributed by atoms with Gasteiger partial charge < -0.3 is 14.5 Å². The minimum atomic E-state index is 0.0376. The van der Waals surface area contributed by atoms with Gasteiger partial charge in [-0.3, -0.25) is 4.79 Å².